The number of anilines is 1. The van der Waals surface area contributed by atoms with Gasteiger partial charge < -0.3 is 15.1 Å². The molecular weight excluding hydrogens is 477 g/mol. The first-order valence-electron chi connectivity index (χ1n) is 10.8. The zero-order chi connectivity index (χ0) is 19.9. The Morgan fingerprint density at radius 2 is 1.72 bits per heavy atom. The maximum atomic E-state index is 4.56. The number of aliphatic imine (C=N–C) groups is 1. The quantitative estimate of drug-likeness (QED) is 0.370. The minimum absolute atomic E-state index is 0. The van der Waals surface area contributed by atoms with E-state index in [2.05, 4.69) is 55.7 Å². The summed E-state index contributed by atoms with van der Waals surface area (Å²) in [6, 6.07) is 2.42. The Labute approximate surface area is 193 Å². The van der Waals surface area contributed by atoms with Crippen LogP contribution in [0.3, 0.4) is 0 Å². The third-order valence-corrected chi connectivity index (χ3v) is 6.15. The highest BCUT2D eigenvalue weighted by Gasteiger charge is 2.27. The predicted octanol–water partition coefficient (Wildman–Crippen LogP) is 2.55. The number of hydrogen-bond acceptors (Lipinski definition) is 5. The minimum Gasteiger partial charge on any atom is -0.355 e. The summed E-state index contributed by atoms with van der Waals surface area (Å²) in [6.45, 7) is 14.2. The molecule has 2 aliphatic heterocycles. The topological polar surface area (TPSA) is 59.9 Å². The maximum Gasteiger partial charge on any atom is 0.225 e. The molecule has 2 aliphatic rings. The molecule has 1 aromatic heterocycles. The van der Waals surface area contributed by atoms with Gasteiger partial charge in [0.15, 0.2) is 5.96 Å². The Morgan fingerprint density at radius 1 is 1.10 bits per heavy atom. The van der Waals surface area contributed by atoms with Crippen molar-refractivity contribution in [2.75, 3.05) is 57.8 Å². The number of aromatic nitrogens is 2. The molecule has 0 spiro atoms. The molecule has 164 valence electrons. The number of piperidine rings is 1. The first-order valence-corrected chi connectivity index (χ1v) is 10.8. The summed E-state index contributed by atoms with van der Waals surface area (Å²) in [5, 5.41) is 3.67. The molecule has 2 fully saturated rings. The minimum atomic E-state index is 0. The van der Waals surface area contributed by atoms with Gasteiger partial charge in [-0.05, 0) is 43.8 Å². The third kappa shape index (κ3) is 6.67. The summed E-state index contributed by atoms with van der Waals surface area (Å²) in [4.78, 5) is 20.6. The zero-order valence-corrected chi connectivity index (χ0v) is 20.7. The van der Waals surface area contributed by atoms with Gasteiger partial charge >= 0.3 is 0 Å². The van der Waals surface area contributed by atoms with E-state index in [1.807, 2.05) is 25.5 Å². The maximum absolute atomic E-state index is 4.56. The fourth-order valence-electron chi connectivity index (χ4n) is 4.25. The Balaban J connectivity index is 0.00000300. The van der Waals surface area contributed by atoms with E-state index in [1.165, 1.54) is 25.9 Å². The number of guanidine groups is 1. The molecule has 3 heterocycles. The van der Waals surface area contributed by atoms with Gasteiger partial charge in [-0.25, -0.2) is 9.97 Å². The van der Waals surface area contributed by atoms with E-state index in [-0.39, 0.29) is 24.0 Å². The Bertz CT molecular complexity index is 609. The molecule has 0 aliphatic carbocycles. The number of hydrogen-bond donors (Lipinski definition) is 1. The van der Waals surface area contributed by atoms with Crippen LogP contribution in [-0.4, -0.2) is 84.6 Å². The largest absolute Gasteiger partial charge is 0.355 e. The highest BCUT2D eigenvalue weighted by atomic mass is 127. The molecule has 8 heteroatoms. The summed E-state index contributed by atoms with van der Waals surface area (Å²) in [5.41, 5.74) is 0. The normalized spacial score (nSPS) is 20.5. The number of nitrogens with zero attached hydrogens (tertiary/aromatic N) is 6. The zero-order valence-electron chi connectivity index (χ0n) is 18.4. The lowest BCUT2D eigenvalue weighted by Gasteiger charge is -2.40. The van der Waals surface area contributed by atoms with Crippen LogP contribution in [0.4, 0.5) is 5.95 Å². The number of halogens is 1. The van der Waals surface area contributed by atoms with E-state index in [0.29, 0.717) is 12.0 Å². The van der Waals surface area contributed by atoms with E-state index in [1.54, 1.807) is 0 Å². The SMILES string of the molecule is CN=C(NCC(C(C)C)N1CCC(C)CC1)N1CCN(c2ncccn2)CC1.I. The summed E-state index contributed by atoms with van der Waals surface area (Å²) < 4.78 is 0. The molecule has 1 unspecified atom stereocenters. The van der Waals surface area contributed by atoms with Crippen molar-refractivity contribution in [3.8, 4) is 0 Å². The second-order valence-corrected chi connectivity index (χ2v) is 8.48. The van der Waals surface area contributed by atoms with Gasteiger partial charge in [-0.3, -0.25) is 9.89 Å². The van der Waals surface area contributed by atoms with Crippen molar-refractivity contribution >= 4 is 35.9 Å². The van der Waals surface area contributed by atoms with Crippen molar-refractivity contribution in [1.29, 1.82) is 0 Å². The van der Waals surface area contributed by atoms with E-state index in [4.69, 9.17) is 0 Å². The molecule has 0 amide bonds. The molecule has 29 heavy (non-hydrogen) atoms. The molecule has 0 bridgehead atoms. The van der Waals surface area contributed by atoms with E-state index in [9.17, 15) is 0 Å². The fraction of sp³-hybridized carbons (Fsp3) is 0.762. The highest BCUT2D eigenvalue weighted by Crippen LogP contribution is 2.21. The van der Waals surface area contributed by atoms with Crippen molar-refractivity contribution in [3.63, 3.8) is 0 Å². The van der Waals surface area contributed by atoms with Crippen LogP contribution < -0.4 is 10.2 Å². The number of rotatable bonds is 5. The average molecular weight is 515 g/mol. The van der Waals surface area contributed by atoms with Crippen molar-refractivity contribution in [2.24, 2.45) is 16.8 Å². The van der Waals surface area contributed by atoms with E-state index < -0.39 is 0 Å². The summed E-state index contributed by atoms with van der Waals surface area (Å²) in [5.74, 6) is 3.34. The van der Waals surface area contributed by atoms with Crippen LogP contribution >= 0.6 is 24.0 Å². The van der Waals surface area contributed by atoms with Gasteiger partial charge in [0.05, 0.1) is 0 Å². The lowest BCUT2D eigenvalue weighted by Crippen LogP contribution is -2.56. The molecule has 0 radical (unpaired) electrons. The summed E-state index contributed by atoms with van der Waals surface area (Å²) >= 11 is 0. The monoisotopic (exact) mass is 515 g/mol. The van der Waals surface area contributed by atoms with Crippen LogP contribution in [0.25, 0.3) is 0 Å². The lowest BCUT2D eigenvalue weighted by molar-refractivity contribution is 0.109. The van der Waals surface area contributed by atoms with Gasteiger partial charge in [-0.15, -0.1) is 24.0 Å². The van der Waals surface area contributed by atoms with Crippen LogP contribution in [0.1, 0.15) is 33.6 Å². The molecule has 1 atom stereocenters. The third-order valence-electron chi connectivity index (χ3n) is 6.15. The van der Waals surface area contributed by atoms with Gasteiger partial charge in [0.1, 0.15) is 0 Å². The van der Waals surface area contributed by atoms with Gasteiger partial charge in [-0.1, -0.05) is 20.8 Å². The standard InChI is InChI=1S/C21H37N7.HI/c1-17(2)19(26-10-6-18(3)7-11-26)16-25-20(22-4)27-12-14-28(15-13-27)21-23-8-5-9-24-21;/h5,8-9,17-19H,6-7,10-16H2,1-4H3,(H,22,25);1H. The van der Waals surface area contributed by atoms with Gasteiger partial charge in [-0.2, -0.15) is 0 Å². The van der Waals surface area contributed by atoms with Gasteiger partial charge in [0.25, 0.3) is 0 Å². The number of nitrogens with one attached hydrogen (secondary N) is 1. The first-order chi connectivity index (χ1) is 13.6. The molecule has 1 aromatic rings. The molecule has 7 nitrogen and oxygen atoms in total. The summed E-state index contributed by atoms with van der Waals surface area (Å²) in [6.07, 6.45) is 6.26. The molecule has 2 saturated heterocycles. The van der Waals surface area contributed by atoms with Crippen LogP contribution in [0.15, 0.2) is 23.5 Å². The Hall–Kier alpha value is -1.16. The van der Waals surface area contributed by atoms with Crippen LogP contribution in [0.2, 0.25) is 0 Å². The average Bonchev–Trinajstić information content (AvgIpc) is 2.73. The van der Waals surface area contributed by atoms with Crippen LogP contribution in [0, 0.1) is 11.8 Å². The second kappa shape index (κ2) is 11.9. The summed E-state index contributed by atoms with van der Waals surface area (Å²) in [7, 11) is 1.89. The molecule has 1 N–H and O–H groups in total. The number of likely N-dealkylation sites (tertiary alicyclic amines) is 1. The molecule has 0 aromatic carbocycles. The van der Waals surface area contributed by atoms with Crippen molar-refractivity contribution in [1.82, 2.24) is 25.1 Å². The smallest absolute Gasteiger partial charge is 0.225 e. The van der Waals surface area contributed by atoms with Crippen molar-refractivity contribution in [3.05, 3.63) is 18.5 Å². The molecule has 3 rings (SSSR count). The van der Waals surface area contributed by atoms with Crippen molar-refractivity contribution < 1.29 is 0 Å². The Morgan fingerprint density at radius 3 is 2.28 bits per heavy atom. The predicted molar refractivity (Wildman–Crippen MR) is 131 cm³/mol. The van der Waals surface area contributed by atoms with Crippen molar-refractivity contribution in [2.45, 2.75) is 39.7 Å². The Kier molecular flexibility index (Phi) is 9.88. The molecule has 0 saturated carbocycles. The van der Waals surface area contributed by atoms with E-state index in [0.717, 1.165) is 50.5 Å². The van der Waals surface area contributed by atoms with Gasteiger partial charge in [0, 0.05) is 58.2 Å². The lowest BCUT2D eigenvalue weighted by atomic mass is 9.94. The molecular formula is C21H38IN7. The van der Waals surface area contributed by atoms with Crippen LogP contribution in [-0.2, 0) is 0 Å². The van der Waals surface area contributed by atoms with E-state index >= 15 is 0 Å². The second-order valence-electron chi connectivity index (χ2n) is 8.48. The van der Waals surface area contributed by atoms with Crippen LogP contribution in [0.5, 0.6) is 0 Å². The fourth-order valence-corrected chi connectivity index (χ4v) is 4.25. The number of piperazine rings is 1. The van der Waals surface area contributed by atoms with Gasteiger partial charge in [0.2, 0.25) is 5.95 Å². The highest BCUT2D eigenvalue weighted by molar-refractivity contribution is 14.0. The first kappa shape index (κ1) is 24.1.